The topological polar surface area (TPSA) is 69.3 Å². The summed E-state index contributed by atoms with van der Waals surface area (Å²) in [6, 6.07) is 3.41. The molecule has 1 amide bonds. The molecular formula is C14H18ClN3O3. The predicted molar refractivity (Wildman–Crippen MR) is 78.5 cm³/mol. The second-order valence-corrected chi connectivity index (χ2v) is 4.86. The quantitative estimate of drug-likeness (QED) is 0.760. The Morgan fingerprint density at radius 1 is 1.52 bits per heavy atom. The molecule has 21 heavy (non-hydrogen) atoms. The second kappa shape index (κ2) is 7.85. The maximum absolute atomic E-state index is 11.9. The number of rotatable bonds is 8. The van der Waals surface area contributed by atoms with Gasteiger partial charge in [-0.3, -0.25) is 9.48 Å². The molecule has 2 rings (SSSR count). The minimum Gasteiger partial charge on any atom is -0.454 e. The fourth-order valence-electron chi connectivity index (χ4n) is 1.78. The average Bonchev–Trinajstić information content (AvgIpc) is 3.08. The first-order valence-electron chi connectivity index (χ1n) is 6.81. The molecule has 0 saturated heterocycles. The Morgan fingerprint density at radius 3 is 3.10 bits per heavy atom. The molecule has 1 N–H and O–H groups in total. The van der Waals surface area contributed by atoms with Gasteiger partial charge in [-0.1, -0.05) is 11.6 Å². The van der Waals surface area contributed by atoms with Crippen LogP contribution < -0.4 is 5.32 Å². The first-order valence-corrected chi connectivity index (χ1v) is 7.19. The molecule has 0 atom stereocenters. The Hall–Kier alpha value is -1.79. The SMILES string of the molecule is CCOCCCNC(=O)c1ccc(Cn2cc(Cl)cn2)o1. The monoisotopic (exact) mass is 311 g/mol. The molecule has 0 radical (unpaired) electrons. The van der Waals surface area contributed by atoms with Gasteiger partial charge in [-0.15, -0.1) is 0 Å². The van der Waals surface area contributed by atoms with Crippen LogP contribution in [0.4, 0.5) is 0 Å². The van der Waals surface area contributed by atoms with Gasteiger partial charge in [0.05, 0.1) is 17.8 Å². The third-order valence-electron chi connectivity index (χ3n) is 2.76. The van der Waals surface area contributed by atoms with Gasteiger partial charge in [0, 0.05) is 26.0 Å². The van der Waals surface area contributed by atoms with Crippen molar-refractivity contribution in [1.82, 2.24) is 15.1 Å². The van der Waals surface area contributed by atoms with Crippen LogP contribution in [0.1, 0.15) is 29.7 Å². The highest BCUT2D eigenvalue weighted by molar-refractivity contribution is 6.30. The van der Waals surface area contributed by atoms with Crippen LogP contribution in [-0.4, -0.2) is 35.4 Å². The van der Waals surface area contributed by atoms with Crippen LogP contribution in [0.2, 0.25) is 5.02 Å². The number of hydrogen-bond donors (Lipinski definition) is 1. The maximum Gasteiger partial charge on any atom is 0.286 e. The third-order valence-corrected chi connectivity index (χ3v) is 2.96. The summed E-state index contributed by atoms with van der Waals surface area (Å²) < 4.78 is 12.3. The first-order chi connectivity index (χ1) is 10.2. The summed E-state index contributed by atoms with van der Waals surface area (Å²) >= 11 is 5.79. The van der Waals surface area contributed by atoms with Crippen LogP contribution in [0.5, 0.6) is 0 Å². The molecule has 0 aliphatic carbocycles. The van der Waals surface area contributed by atoms with Crippen molar-refractivity contribution in [3.63, 3.8) is 0 Å². The third kappa shape index (κ3) is 4.91. The molecule has 0 aromatic carbocycles. The summed E-state index contributed by atoms with van der Waals surface area (Å²) in [5.74, 6) is 0.713. The van der Waals surface area contributed by atoms with Crippen LogP contribution in [0, 0.1) is 0 Å². The van der Waals surface area contributed by atoms with Crippen molar-refractivity contribution in [2.75, 3.05) is 19.8 Å². The summed E-state index contributed by atoms with van der Waals surface area (Å²) in [6.45, 7) is 4.26. The van der Waals surface area contributed by atoms with Crippen molar-refractivity contribution in [1.29, 1.82) is 0 Å². The highest BCUT2D eigenvalue weighted by atomic mass is 35.5. The molecule has 0 bridgehead atoms. The van der Waals surface area contributed by atoms with Gasteiger partial charge in [0.2, 0.25) is 0 Å². The average molecular weight is 312 g/mol. The van der Waals surface area contributed by atoms with E-state index < -0.39 is 0 Å². The summed E-state index contributed by atoms with van der Waals surface area (Å²) in [7, 11) is 0. The lowest BCUT2D eigenvalue weighted by Gasteiger charge is -2.03. The number of aromatic nitrogens is 2. The fourth-order valence-corrected chi connectivity index (χ4v) is 1.93. The van der Waals surface area contributed by atoms with Crippen molar-refractivity contribution in [3.8, 4) is 0 Å². The van der Waals surface area contributed by atoms with E-state index in [1.54, 1.807) is 29.2 Å². The number of nitrogens with zero attached hydrogens (tertiary/aromatic N) is 2. The van der Waals surface area contributed by atoms with Gasteiger partial charge in [-0.25, -0.2) is 0 Å². The number of furan rings is 1. The van der Waals surface area contributed by atoms with Crippen molar-refractivity contribution in [2.45, 2.75) is 19.9 Å². The Labute approximate surface area is 128 Å². The second-order valence-electron chi connectivity index (χ2n) is 4.43. The summed E-state index contributed by atoms with van der Waals surface area (Å²) in [6.07, 6.45) is 4.02. The van der Waals surface area contributed by atoms with Gasteiger partial charge in [0.1, 0.15) is 5.76 Å². The van der Waals surface area contributed by atoms with Gasteiger partial charge in [-0.2, -0.15) is 5.10 Å². The number of ether oxygens (including phenoxy) is 1. The van der Waals surface area contributed by atoms with Crippen molar-refractivity contribution < 1.29 is 13.9 Å². The first kappa shape index (κ1) is 15.6. The minimum absolute atomic E-state index is 0.226. The molecule has 0 fully saturated rings. The van der Waals surface area contributed by atoms with Gasteiger partial charge < -0.3 is 14.5 Å². The molecule has 0 spiro atoms. The Bertz CT molecular complexity index is 580. The van der Waals surface area contributed by atoms with E-state index >= 15 is 0 Å². The molecule has 6 nitrogen and oxygen atoms in total. The Balaban J connectivity index is 1.80. The lowest BCUT2D eigenvalue weighted by Crippen LogP contribution is -2.24. The zero-order valence-corrected chi connectivity index (χ0v) is 12.6. The van der Waals surface area contributed by atoms with E-state index in [-0.39, 0.29) is 5.91 Å². The number of amides is 1. The van der Waals surface area contributed by atoms with E-state index in [1.165, 1.54) is 0 Å². The standard InChI is InChI=1S/C14H18ClN3O3/c1-2-20-7-3-6-16-14(19)13-5-4-12(21-13)10-18-9-11(15)8-17-18/h4-5,8-9H,2-3,6-7,10H2,1H3,(H,16,19). The van der Waals surface area contributed by atoms with E-state index in [4.69, 9.17) is 20.8 Å². The van der Waals surface area contributed by atoms with Crippen LogP contribution in [0.3, 0.4) is 0 Å². The van der Waals surface area contributed by atoms with Crippen LogP contribution in [0.25, 0.3) is 0 Å². The molecule has 2 heterocycles. The maximum atomic E-state index is 11.9. The lowest BCUT2D eigenvalue weighted by molar-refractivity contribution is 0.0915. The molecule has 0 saturated carbocycles. The Morgan fingerprint density at radius 2 is 2.38 bits per heavy atom. The number of hydrogen-bond acceptors (Lipinski definition) is 4. The molecule has 0 aliphatic rings. The van der Waals surface area contributed by atoms with E-state index in [1.807, 2.05) is 6.92 Å². The van der Waals surface area contributed by atoms with Crippen molar-refractivity contribution in [2.24, 2.45) is 0 Å². The van der Waals surface area contributed by atoms with E-state index in [0.29, 0.717) is 42.8 Å². The van der Waals surface area contributed by atoms with E-state index in [2.05, 4.69) is 10.4 Å². The smallest absolute Gasteiger partial charge is 0.286 e. The van der Waals surface area contributed by atoms with E-state index in [0.717, 1.165) is 6.42 Å². The number of nitrogens with one attached hydrogen (secondary N) is 1. The van der Waals surface area contributed by atoms with Crippen LogP contribution >= 0.6 is 11.6 Å². The zero-order chi connectivity index (χ0) is 15.1. The van der Waals surface area contributed by atoms with E-state index in [9.17, 15) is 4.79 Å². The molecule has 2 aromatic heterocycles. The normalized spacial score (nSPS) is 10.8. The Kier molecular flexibility index (Phi) is 5.83. The highest BCUT2D eigenvalue weighted by Gasteiger charge is 2.11. The zero-order valence-electron chi connectivity index (χ0n) is 11.8. The van der Waals surface area contributed by atoms with Gasteiger partial charge in [0.25, 0.3) is 5.91 Å². The summed E-state index contributed by atoms with van der Waals surface area (Å²) in [5.41, 5.74) is 0. The van der Waals surface area contributed by atoms with Gasteiger partial charge in [0.15, 0.2) is 5.76 Å². The number of carbonyl (C=O) groups excluding carboxylic acids is 1. The number of carbonyl (C=O) groups is 1. The molecule has 2 aromatic rings. The molecule has 114 valence electrons. The molecule has 0 unspecified atom stereocenters. The molecule has 0 aliphatic heterocycles. The lowest BCUT2D eigenvalue weighted by atomic mass is 10.4. The predicted octanol–water partition coefficient (Wildman–Crippen LogP) is 2.33. The highest BCUT2D eigenvalue weighted by Crippen LogP contribution is 2.11. The summed E-state index contributed by atoms with van der Waals surface area (Å²) in [4.78, 5) is 11.9. The van der Waals surface area contributed by atoms with Gasteiger partial charge in [-0.05, 0) is 25.5 Å². The van der Waals surface area contributed by atoms with Crippen molar-refractivity contribution in [3.05, 3.63) is 41.1 Å². The van der Waals surface area contributed by atoms with Crippen LogP contribution in [-0.2, 0) is 11.3 Å². The summed E-state index contributed by atoms with van der Waals surface area (Å²) in [5, 5.41) is 7.40. The fraction of sp³-hybridized carbons (Fsp3) is 0.429. The largest absolute Gasteiger partial charge is 0.454 e. The van der Waals surface area contributed by atoms with Crippen LogP contribution in [0.15, 0.2) is 28.9 Å². The van der Waals surface area contributed by atoms with Gasteiger partial charge >= 0.3 is 0 Å². The minimum atomic E-state index is -0.226. The molecular weight excluding hydrogens is 294 g/mol. The van der Waals surface area contributed by atoms with Crippen molar-refractivity contribution >= 4 is 17.5 Å². The number of halogens is 1. The molecule has 7 heteroatoms.